The summed E-state index contributed by atoms with van der Waals surface area (Å²) in [6.45, 7) is 2.40. The first-order chi connectivity index (χ1) is 14.3. The monoisotopic (exact) mass is 444 g/mol. The van der Waals surface area contributed by atoms with E-state index in [9.17, 15) is 13.2 Å². The molecule has 1 aromatic heterocycles. The standard InChI is InChI=1S/C21H20N2O5S2/c1-14-3-6-16(7-4-14)22-30(25,26)19-9-10-29-20(19)21(24)23(2)12-15-5-8-17-18(11-15)28-13-27-17/h3-11,22H,12-13H2,1-2H3. The smallest absolute Gasteiger partial charge is 0.265 e. The first-order valence-electron chi connectivity index (χ1n) is 9.14. The van der Waals surface area contributed by atoms with Crippen LogP contribution in [0.5, 0.6) is 11.5 Å². The van der Waals surface area contributed by atoms with Crippen molar-refractivity contribution in [3.8, 4) is 11.5 Å². The molecule has 156 valence electrons. The average Bonchev–Trinajstić information content (AvgIpc) is 3.38. The number of fused-ring (bicyclic) bond motifs is 1. The molecule has 0 spiro atoms. The number of carbonyl (C=O) groups is 1. The quantitative estimate of drug-likeness (QED) is 0.624. The van der Waals surface area contributed by atoms with E-state index in [1.54, 1.807) is 30.6 Å². The summed E-state index contributed by atoms with van der Waals surface area (Å²) < 4.78 is 39.0. The van der Waals surface area contributed by atoms with E-state index in [4.69, 9.17) is 9.47 Å². The van der Waals surface area contributed by atoms with Crippen LogP contribution in [-0.2, 0) is 16.6 Å². The maximum Gasteiger partial charge on any atom is 0.265 e. The van der Waals surface area contributed by atoms with Crippen LogP contribution in [0.25, 0.3) is 0 Å². The molecule has 0 bridgehead atoms. The molecule has 4 rings (SSSR count). The van der Waals surface area contributed by atoms with Gasteiger partial charge in [-0.25, -0.2) is 8.42 Å². The molecule has 3 aromatic rings. The van der Waals surface area contributed by atoms with Crippen LogP contribution in [0.15, 0.2) is 58.8 Å². The Morgan fingerprint density at radius 1 is 1.10 bits per heavy atom. The van der Waals surface area contributed by atoms with Crippen molar-refractivity contribution in [2.75, 3.05) is 18.6 Å². The Balaban J connectivity index is 1.52. The molecule has 0 unspecified atom stereocenters. The number of carbonyl (C=O) groups excluding carboxylic acids is 1. The highest BCUT2D eigenvalue weighted by atomic mass is 32.2. The Kier molecular flexibility index (Phi) is 5.40. The zero-order chi connectivity index (χ0) is 21.3. The van der Waals surface area contributed by atoms with Gasteiger partial charge in [-0.05, 0) is 48.2 Å². The van der Waals surface area contributed by atoms with Crippen LogP contribution in [0.1, 0.15) is 20.8 Å². The second-order valence-electron chi connectivity index (χ2n) is 6.93. The Bertz CT molecular complexity index is 1190. The van der Waals surface area contributed by atoms with Gasteiger partial charge in [0.05, 0.1) is 0 Å². The van der Waals surface area contributed by atoms with E-state index >= 15 is 0 Å². The number of amides is 1. The number of thiophene rings is 1. The molecular formula is C21H20N2O5S2. The maximum atomic E-state index is 13.0. The van der Waals surface area contributed by atoms with Crippen LogP contribution in [0.2, 0.25) is 0 Å². The first kappa shape index (κ1) is 20.2. The van der Waals surface area contributed by atoms with E-state index in [1.165, 1.54) is 11.0 Å². The molecule has 0 saturated heterocycles. The van der Waals surface area contributed by atoms with Crippen molar-refractivity contribution in [3.05, 3.63) is 69.9 Å². The third kappa shape index (κ3) is 4.12. The van der Waals surface area contributed by atoms with Gasteiger partial charge in [0.2, 0.25) is 6.79 Å². The summed E-state index contributed by atoms with van der Waals surface area (Å²) in [5, 5.41) is 1.60. The highest BCUT2D eigenvalue weighted by Gasteiger charge is 2.26. The summed E-state index contributed by atoms with van der Waals surface area (Å²) in [5.41, 5.74) is 2.32. The molecule has 1 amide bonds. The normalized spacial score (nSPS) is 12.6. The maximum absolute atomic E-state index is 13.0. The van der Waals surface area contributed by atoms with Crippen LogP contribution in [0.3, 0.4) is 0 Å². The number of sulfonamides is 1. The van der Waals surface area contributed by atoms with Gasteiger partial charge in [0, 0.05) is 19.3 Å². The van der Waals surface area contributed by atoms with E-state index in [0.29, 0.717) is 23.7 Å². The molecular weight excluding hydrogens is 424 g/mol. The minimum atomic E-state index is -3.90. The van der Waals surface area contributed by atoms with Gasteiger partial charge in [0.25, 0.3) is 15.9 Å². The van der Waals surface area contributed by atoms with Gasteiger partial charge < -0.3 is 14.4 Å². The van der Waals surface area contributed by atoms with Crippen LogP contribution in [0, 0.1) is 6.92 Å². The molecule has 0 fully saturated rings. The van der Waals surface area contributed by atoms with E-state index in [2.05, 4.69) is 4.72 Å². The zero-order valence-corrected chi connectivity index (χ0v) is 18.0. The number of nitrogens with one attached hydrogen (secondary N) is 1. The molecule has 1 N–H and O–H groups in total. The molecule has 0 aliphatic carbocycles. The lowest BCUT2D eigenvalue weighted by Gasteiger charge is -2.18. The fraction of sp³-hybridized carbons (Fsp3) is 0.190. The molecule has 30 heavy (non-hydrogen) atoms. The predicted octanol–water partition coefficient (Wildman–Crippen LogP) is 3.86. The minimum absolute atomic E-state index is 0.0318. The van der Waals surface area contributed by atoms with E-state index < -0.39 is 10.0 Å². The predicted molar refractivity (Wildman–Crippen MR) is 115 cm³/mol. The third-order valence-electron chi connectivity index (χ3n) is 4.62. The molecule has 2 heterocycles. The summed E-state index contributed by atoms with van der Waals surface area (Å²) in [4.78, 5) is 14.6. The Morgan fingerprint density at radius 3 is 2.60 bits per heavy atom. The largest absolute Gasteiger partial charge is 0.454 e. The highest BCUT2D eigenvalue weighted by Crippen LogP contribution is 2.33. The van der Waals surface area contributed by atoms with E-state index in [-0.39, 0.29) is 22.5 Å². The Labute approximate surface area is 178 Å². The SMILES string of the molecule is Cc1ccc(NS(=O)(=O)c2ccsc2C(=O)N(C)Cc2ccc3c(c2)OCO3)cc1. The number of anilines is 1. The van der Waals surface area contributed by atoms with Crippen LogP contribution >= 0.6 is 11.3 Å². The fourth-order valence-electron chi connectivity index (χ4n) is 3.06. The molecule has 9 heteroatoms. The lowest BCUT2D eigenvalue weighted by atomic mass is 10.2. The van der Waals surface area contributed by atoms with Crippen molar-refractivity contribution in [1.29, 1.82) is 0 Å². The fourth-order valence-corrected chi connectivity index (χ4v) is 5.53. The minimum Gasteiger partial charge on any atom is -0.454 e. The number of aryl methyl sites for hydroxylation is 1. The summed E-state index contributed by atoms with van der Waals surface area (Å²) in [5.74, 6) is 0.934. The van der Waals surface area contributed by atoms with Crippen LogP contribution in [0.4, 0.5) is 5.69 Å². The number of rotatable bonds is 6. The summed E-state index contributed by atoms with van der Waals surface area (Å²) >= 11 is 1.10. The third-order valence-corrected chi connectivity index (χ3v) is 7.08. The van der Waals surface area contributed by atoms with Crippen molar-refractivity contribution in [3.63, 3.8) is 0 Å². The molecule has 1 aliphatic rings. The van der Waals surface area contributed by atoms with Crippen LogP contribution in [-0.4, -0.2) is 33.1 Å². The van der Waals surface area contributed by atoms with Gasteiger partial charge in [-0.15, -0.1) is 11.3 Å². The Hall–Kier alpha value is -3.04. The van der Waals surface area contributed by atoms with Gasteiger partial charge in [0.1, 0.15) is 9.77 Å². The van der Waals surface area contributed by atoms with Crippen molar-refractivity contribution in [2.45, 2.75) is 18.4 Å². The van der Waals surface area contributed by atoms with Crippen molar-refractivity contribution < 1.29 is 22.7 Å². The van der Waals surface area contributed by atoms with Crippen LogP contribution < -0.4 is 14.2 Å². The summed E-state index contributed by atoms with van der Waals surface area (Å²) in [7, 11) is -2.26. The van der Waals surface area contributed by atoms with Gasteiger partial charge in [0.15, 0.2) is 11.5 Å². The summed E-state index contributed by atoms with van der Waals surface area (Å²) in [6.07, 6.45) is 0. The molecule has 0 saturated carbocycles. The van der Waals surface area contributed by atoms with E-state index in [0.717, 1.165) is 22.5 Å². The highest BCUT2D eigenvalue weighted by molar-refractivity contribution is 7.93. The molecule has 7 nitrogen and oxygen atoms in total. The number of hydrogen-bond donors (Lipinski definition) is 1. The Morgan fingerprint density at radius 2 is 1.83 bits per heavy atom. The second kappa shape index (κ2) is 8.00. The molecule has 1 aliphatic heterocycles. The van der Waals surface area contributed by atoms with Crippen molar-refractivity contribution in [2.24, 2.45) is 0 Å². The summed E-state index contributed by atoms with van der Waals surface area (Å²) in [6, 6.07) is 13.9. The second-order valence-corrected chi connectivity index (χ2v) is 9.50. The lowest BCUT2D eigenvalue weighted by Crippen LogP contribution is -2.27. The van der Waals surface area contributed by atoms with Gasteiger partial charge in [-0.3, -0.25) is 9.52 Å². The van der Waals surface area contributed by atoms with Gasteiger partial charge in [-0.1, -0.05) is 23.8 Å². The molecule has 0 radical (unpaired) electrons. The van der Waals surface area contributed by atoms with Gasteiger partial charge >= 0.3 is 0 Å². The average molecular weight is 445 g/mol. The number of nitrogens with zero attached hydrogens (tertiary/aromatic N) is 1. The first-order valence-corrected chi connectivity index (χ1v) is 11.5. The number of ether oxygens (including phenoxy) is 2. The lowest BCUT2D eigenvalue weighted by molar-refractivity contribution is 0.0786. The van der Waals surface area contributed by atoms with Gasteiger partial charge in [-0.2, -0.15) is 0 Å². The van der Waals surface area contributed by atoms with E-state index in [1.807, 2.05) is 31.2 Å². The molecule has 0 atom stereocenters. The zero-order valence-electron chi connectivity index (χ0n) is 16.4. The molecule has 2 aromatic carbocycles. The number of hydrogen-bond acceptors (Lipinski definition) is 6. The van der Waals surface area contributed by atoms with Crippen molar-refractivity contribution >= 4 is 33.0 Å². The van der Waals surface area contributed by atoms with Crippen molar-refractivity contribution in [1.82, 2.24) is 4.90 Å². The topological polar surface area (TPSA) is 84.9 Å². The number of benzene rings is 2.